The van der Waals surface area contributed by atoms with Gasteiger partial charge in [0.15, 0.2) is 0 Å². The van der Waals surface area contributed by atoms with E-state index in [9.17, 15) is 4.79 Å². The number of hydrogen-bond acceptors (Lipinski definition) is 2. The Bertz CT molecular complexity index is 923. The normalized spacial score (nSPS) is 15.1. The predicted octanol–water partition coefficient (Wildman–Crippen LogP) is 4.50. The summed E-state index contributed by atoms with van der Waals surface area (Å²) in [6.45, 7) is 6.36. The fourth-order valence-electron chi connectivity index (χ4n) is 3.59. The highest BCUT2D eigenvalue weighted by Crippen LogP contribution is 2.23. The van der Waals surface area contributed by atoms with E-state index in [2.05, 4.69) is 53.5 Å². The Kier molecular flexibility index (Phi) is 5.07. The number of aryl methyl sites for hydroxylation is 1. The molecule has 1 fully saturated rings. The van der Waals surface area contributed by atoms with Gasteiger partial charge in [0.05, 0.1) is 5.69 Å². The van der Waals surface area contributed by atoms with E-state index in [1.54, 1.807) is 0 Å². The zero-order valence-corrected chi connectivity index (χ0v) is 15.7. The molecule has 0 bridgehead atoms. The number of anilines is 1. The molecule has 0 radical (unpaired) electrons. The van der Waals surface area contributed by atoms with Gasteiger partial charge >= 0.3 is 6.03 Å². The van der Waals surface area contributed by atoms with Gasteiger partial charge in [0, 0.05) is 38.1 Å². The third-order valence-electron chi connectivity index (χ3n) is 5.22. The molecular formula is C23H25N3O. The van der Waals surface area contributed by atoms with Gasteiger partial charge in [-0.15, -0.1) is 0 Å². The topological polar surface area (TPSA) is 35.6 Å². The Balaban J connectivity index is 1.35. The highest BCUT2D eigenvalue weighted by atomic mass is 16.2. The van der Waals surface area contributed by atoms with Crippen molar-refractivity contribution < 1.29 is 4.79 Å². The maximum absolute atomic E-state index is 12.7. The molecule has 138 valence electrons. The average molecular weight is 359 g/mol. The molecule has 0 aliphatic carbocycles. The summed E-state index contributed by atoms with van der Waals surface area (Å²) in [5.74, 6) is 0. The highest BCUT2D eigenvalue weighted by Gasteiger charge is 2.21. The molecule has 1 heterocycles. The van der Waals surface area contributed by atoms with Gasteiger partial charge in [-0.25, -0.2) is 4.79 Å². The Labute approximate surface area is 160 Å². The van der Waals surface area contributed by atoms with Crippen molar-refractivity contribution >= 4 is 22.5 Å². The second-order valence-electron chi connectivity index (χ2n) is 7.21. The van der Waals surface area contributed by atoms with Crippen LogP contribution in [0.4, 0.5) is 10.5 Å². The molecule has 4 heteroatoms. The van der Waals surface area contributed by atoms with E-state index in [-0.39, 0.29) is 6.03 Å². The van der Waals surface area contributed by atoms with Crippen LogP contribution in [-0.4, -0.2) is 42.0 Å². The fraction of sp³-hybridized carbons (Fsp3) is 0.261. The van der Waals surface area contributed by atoms with Crippen molar-refractivity contribution in [1.29, 1.82) is 0 Å². The van der Waals surface area contributed by atoms with E-state index < -0.39 is 0 Å². The minimum absolute atomic E-state index is 0.0126. The Morgan fingerprint density at radius 3 is 2.37 bits per heavy atom. The van der Waals surface area contributed by atoms with E-state index in [0.29, 0.717) is 0 Å². The number of piperazine rings is 1. The van der Waals surface area contributed by atoms with Crippen molar-refractivity contribution in [3.63, 3.8) is 0 Å². The van der Waals surface area contributed by atoms with Gasteiger partial charge in [0.1, 0.15) is 0 Å². The SMILES string of the molecule is Cc1ccc(CN2CCN(C(=O)Nc3cccc4ccccc34)CC2)cc1. The number of carbonyl (C=O) groups excluding carboxylic acids is 1. The average Bonchev–Trinajstić information content (AvgIpc) is 2.70. The third-order valence-corrected chi connectivity index (χ3v) is 5.22. The monoisotopic (exact) mass is 359 g/mol. The smallest absolute Gasteiger partial charge is 0.321 e. The molecule has 0 saturated carbocycles. The standard InChI is InChI=1S/C23H25N3O/c1-18-9-11-19(12-10-18)17-25-13-15-26(16-14-25)23(27)24-22-8-4-6-20-5-2-3-7-21(20)22/h2-12H,13-17H2,1H3,(H,24,27). The first-order valence-electron chi connectivity index (χ1n) is 9.51. The van der Waals surface area contributed by atoms with Crippen LogP contribution >= 0.6 is 0 Å². The molecule has 0 atom stereocenters. The molecule has 1 saturated heterocycles. The maximum atomic E-state index is 12.7. The number of hydrogen-bond donors (Lipinski definition) is 1. The van der Waals surface area contributed by atoms with Crippen LogP contribution in [0.3, 0.4) is 0 Å². The molecule has 3 aromatic carbocycles. The van der Waals surface area contributed by atoms with E-state index in [4.69, 9.17) is 0 Å². The van der Waals surface area contributed by atoms with E-state index in [0.717, 1.165) is 49.2 Å². The Morgan fingerprint density at radius 1 is 0.889 bits per heavy atom. The predicted molar refractivity (Wildman–Crippen MR) is 111 cm³/mol. The quantitative estimate of drug-likeness (QED) is 0.747. The number of benzene rings is 3. The van der Waals surface area contributed by atoms with Crippen LogP contribution in [0.5, 0.6) is 0 Å². The number of urea groups is 1. The van der Waals surface area contributed by atoms with Crippen molar-refractivity contribution in [1.82, 2.24) is 9.80 Å². The molecular weight excluding hydrogens is 334 g/mol. The van der Waals surface area contributed by atoms with Crippen LogP contribution in [-0.2, 0) is 6.54 Å². The van der Waals surface area contributed by atoms with Gasteiger partial charge in [0.2, 0.25) is 0 Å². The molecule has 0 unspecified atom stereocenters. The zero-order valence-electron chi connectivity index (χ0n) is 15.7. The third kappa shape index (κ3) is 4.12. The van der Waals surface area contributed by atoms with Crippen molar-refractivity contribution in [2.24, 2.45) is 0 Å². The molecule has 1 aliphatic heterocycles. The summed E-state index contributed by atoms with van der Waals surface area (Å²) >= 11 is 0. The Morgan fingerprint density at radius 2 is 1.59 bits per heavy atom. The second kappa shape index (κ2) is 7.80. The van der Waals surface area contributed by atoms with Crippen LogP contribution in [0.1, 0.15) is 11.1 Å². The van der Waals surface area contributed by atoms with Gasteiger partial charge in [0.25, 0.3) is 0 Å². The van der Waals surface area contributed by atoms with Crippen LogP contribution < -0.4 is 5.32 Å². The zero-order chi connectivity index (χ0) is 18.6. The lowest BCUT2D eigenvalue weighted by Gasteiger charge is -2.34. The number of fused-ring (bicyclic) bond motifs is 1. The number of nitrogens with one attached hydrogen (secondary N) is 1. The molecule has 1 N–H and O–H groups in total. The number of carbonyl (C=O) groups is 1. The lowest BCUT2D eigenvalue weighted by atomic mass is 10.1. The van der Waals surface area contributed by atoms with E-state index in [1.807, 2.05) is 35.2 Å². The van der Waals surface area contributed by atoms with Gasteiger partial charge in [-0.2, -0.15) is 0 Å². The molecule has 0 spiro atoms. The number of rotatable bonds is 3. The van der Waals surface area contributed by atoms with Crippen LogP contribution in [0.2, 0.25) is 0 Å². The Hall–Kier alpha value is -2.85. The summed E-state index contributed by atoms with van der Waals surface area (Å²) in [5.41, 5.74) is 3.49. The molecule has 2 amide bonds. The summed E-state index contributed by atoms with van der Waals surface area (Å²) in [6, 6.07) is 22.8. The van der Waals surface area contributed by atoms with Gasteiger partial charge in [-0.3, -0.25) is 4.90 Å². The number of amides is 2. The minimum atomic E-state index is -0.0126. The fourth-order valence-corrected chi connectivity index (χ4v) is 3.59. The van der Waals surface area contributed by atoms with Crippen LogP contribution in [0, 0.1) is 6.92 Å². The molecule has 27 heavy (non-hydrogen) atoms. The first-order chi connectivity index (χ1) is 13.2. The van der Waals surface area contributed by atoms with Gasteiger partial charge in [-0.05, 0) is 23.9 Å². The lowest BCUT2D eigenvalue weighted by Crippen LogP contribution is -2.49. The van der Waals surface area contributed by atoms with Crippen molar-refractivity contribution in [3.8, 4) is 0 Å². The van der Waals surface area contributed by atoms with Crippen LogP contribution in [0.15, 0.2) is 66.7 Å². The van der Waals surface area contributed by atoms with Crippen molar-refractivity contribution in [3.05, 3.63) is 77.9 Å². The van der Waals surface area contributed by atoms with Gasteiger partial charge < -0.3 is 10.2 Å². The highest BCUT2D eigenvalue weighted by molar-refractivity contribution is 6.01. The van der Waals surface area contributed by atoms with Crippen molar-refractivity contribution in [2.45, 2.75) is 13.5 Å². The summed E-state index contributed by atoms with van der Waals surface area (Å²) in [4.78, 5) is 17.0. The molecule has 4 nitrogen and oxygen atoms in total. The first kappa shape index (κ1) is 17.6. The summed E-state index contributed by atoms with van der Waals surface area (Å²) < 4.78 is 0. The molecule has 3 aromatic rings. The van der Waals surface area contributed by atoms with E-state index >= 15 is 0 Å². The van der Waals surface area contributed by atoms with Gasteiger partial charge in [-0.1, -0.05) is 66.2 Å². The largest absolute Gasteiger partial charge is 0.322 e. The molecule has 4 rings (SSSR count). The van der Waals surface area contributed by atoms with E-state index in [1.165, 1.54) is 11.1 Å². The first-order valence-corrected chi connectivity index (χ1v) is 9.51. The van der Waals surface area contributed by atoms with Crippen molar-refractivity contribution in [2.75, 3.05) is 31.5 Å². The summed E-state index contributed by atoms with van der Waals surface area (Å²) in [6.07, 6.45) is 0. The number of nitrogens with zero attached hydrogens (tertiary/aromatic N) is 2. The van der Waals surface area contributed by atoms with Crippen LogP contribution in [0.25, 0.3) is 10.8 Å². The lowest BCUT2D eigenvalue weighted by molar-refractivity contribution is 0.143. The summed E-state index contributed by atoms with van der Waals surface area (Å²) in [7, 11) is 0. The maximum Gasteiger partial charge on any atom is 0.321 e. The second-order valence-corrected chi connectivity index (χ2v) is 7.21. The minimum Gasteiger partial charge on any atom is -0.322 e. The molecule has 0 aromatic heterocycles. The summed E-state index contributed by atoms with van der Waals surface area (Å²) in [5, 5.41) is 5.31. The molecule has 1 aliphatic rings.